The van der Waals surface area contributed by atoms with Crippen LogP contribution in [0.25, 0.3) is 0 Å². The predicted octanol–water partition coefficient (Wildman–Crippen LogP) is 4.25. The molecule has 0 radical (unpaired) electrons. The van der Waals surface area contributed by atoms with E-state index in [2.05, 4.69) is 12.1 Å². The van der Waals surface area contributed by atoms with Crippen LogP contribution in [0.1, 0.15) is 34.8 Å². The maximum Gasteiger partial charge on any atom is 0.122 e. The first-order valence-corrected chi connectivity index (χ1v) is 7.70. The Balaban J connectivity index is 1.68. The number of hydrogen-bond donors (Lipinski definition) is 1. The Morgan fingerprint density at radius 3 is 2.95 bits per heavy atom. The van der Waals surface area contributed by atoms with E-state index in [0.717, 1.165) is 36.3 Å². The van der Waals surface area contributed by atoms with Gasteiger partial charge in [-0.15, -0.1) is 0 Å². The molecule has 1 aliphatic rings. The van der Waals surface area contributed by atoms with Crippen LogP contribution in [0.15, 0.2) is 36.4 Å². The standard InChI is InChI=1S/C18H19ClO2/c1-12-2-5-15(19)11-16(12)17(20)6-3-13-4-7-18-14(10-13)8-9-21-18/h2,4-5,7,10-11,17,20H,3,6,8-9H2,1H3. The maximum atomic E-state index is 10.4. The van der Waals surface area contributed by atoms with E-state index in [0.29, 0.717) is 11.4 Å². The number of hydrogen-bond acceptors (Lipinski definition) is 2. The fourth-order valence-electron chi connectivity index (χ4n) is 2.82. The van der Waals surface area contributed by atoms with Crippen LogP contribution in [-0.4, -0.2) is 11.7 Å². The fourth-order valence-corrected chi connectivity index (χ4v) is 3.01. The largest absolute Gasteiger partial charge is 0.493 e. The number of aliphatic hydroxyl groups is 1. The molecule has 110 valence electrons. The molecule has 0 bridgehead atoms. The maximum absolute atomic E-state index is 10.4. The summed E-state index contributed by atoms with van der Waals surface area (Å²) < 4.78 is 5.51. The van der Waals surface area contributed by atoms with Gasteiger partial charge in [0.15, 0.2) is 0 Å². The first kappa shape index (κ1) is 14.4. The van der Waals surface area contributed by atoms with E-state index in [9.17, 15) is 5.11 Å². The molecule has 0 spiro atoms. The molecule has 3 rings (SSSR count). The van der Waals surface area contributed by atoms with Crippen molar-refractivity contribution in [3.05, 3.63) is 63.7 Å². The Morgan fingerprint density at radius 1 is 1.24 bits per heavy atom. The van der Waals surface area contributed by atoms with Crippen LogP contribution in [0.5, 0.6) is 5.75 Å². The van der Waals surface area contributed by atoms with Gasteiger partial charge >= 0.3 is 0 Å². The van der Waals surface area contributed by atoms with Crippen molar-refractivity contribution in [2.75, 3.05) is 6.61 Å². The van der Waals surface area contributed by atoms with Crippen molar-refractivity contribution >= 4 is 11.6 Å². The first-order valence-electron chi connectivity index (χ1n) is 7.32. The third kappa shape index (κ3) is 3.22. The first-order chi connectivity index (χ1) is 10.1. The molecule has 0 fully saturated rings. The second-order valence-corrected chi connectivity index (χ2v) is 6.03. The van der Waals surface area contributed by atoms with Crippen LogP contribution in [-0.2, 0) is 12.8 Å². The summed E-state index contributed by atoms with van der Waals surface area (Å²) in [6.07, 6.45) is 2.05. The van der Waals surface area contributed by atoms with Gasteiger partial charge in [-0.1, -0.05) is 29.8 Å². The van der Waals surface area contributed by atoms with Crippen molar-refractivity contribution in [3.63, 3.8) is 0 Å². The third-order valence-electron chi connectivity index (χ3n) is 4.06. The normalized spacial score (nSPS) is 14.6. The Hall–Kier alpha value is -1.51. The molecule has 1 unspecified atom stereocenters. The van der Waals surface area contributed by atoms with Crippen molar-refractivity contribution in [3.8, 4) is 5.75 Å². The Labute approximate surface area is 130 Å². The lowest BCUT2D eigenvalue weighted by atomic mass is 9.97. The Kier molecular flexibility index (Phi) is 4.18. The smallest absolute Gasteiger partial charge is 0.122 e. The van der Waals surface area contributed by atoms with Gasteiger partial charge in [-0.25, -0.2) is 0 Å². The molecule has 1 heterocycles. The van der Waals surface area contributed by atoms with Crippen molar-refractivity contribution in [2.24, 2.45) is 0 Å². The topological polar surface area (TPSA) is 29.5 Å². The molecule has 21 heavy (non-hydrogen) atoms. The van der Waals surface area contributed by atoms with E-state index in [4.69, 9.17) is 16.3 Å². The zero-order chi connectivity index (χ0) is 14.8. The molecule has 0 aliphatic carbocycles. The minimum Gasteiger partial charge on any atom is -0.493 e. The lowest BCUT2D eigenvalue weighted by molar-refractivity contribution is 0.167. The Bertz CT molecular complexity index is 652. The zero-order valence-corrected chi connectivity index (χ0v) is 12.9. The molecule has 2 aromatic carbocycles. The molecule has 2 aromatic rings. The number of halogens is 1. The zero-order valence-electron chi connectivity index (χ0n) is 12.1. The summed E-state index contributed by atoms with van der Waals surface area (Å²) in [4.78, 5) is 0. The number of ether oxygens (including phenoxy) is 1. The average Bonchev–Trinajstić information content (AvgIpc) is 2.94. The van der Waals surface area contributed by atoms with Crippen LogP contribution >= 0.6 is 11.6 Å². The Morgan fingerprint density at radius 2 is 2.10 bits per heavy atom. The van der Waals surface area contributed by atoms with Gasteiger partial charge < -0.3 is 9.84 Å². The second-order valence-electron chi connectivity index (χ2n) is 5.60. The van der Waals surface area contributed by atoms with Gasteiger partial charge in [0.25, 0.3) is 0 Å². The molecule has 1 N–H and O–H groups in total. The molecule has 2 nitrogen and oxygen atoms in total. The highest BCUT2D eigenvalue weighted by molar-refractivity contribution is 6.30. The summed E-state index contributed by atoms with van der Waals surface area (Å²) in [5, 5.41) is 11.1. The number of rotatable bonds is 4. The van der Waals surface area contributed by atoms with Crippen molar-refractivity contribution in [1.29, 1.82) is 0 Å². The van der Waals surface area contributed by atoms with Gasteiger partial charge in [0.1, 0.15) is 5.75 Å². The summed E-state index contributed by atoms with van der Waals surface area (Å²) >= 11 is 6.02. The highest BCUT2D eigenvalue weighted by atomic mass is 35.5. The van der Waals surface area contributed by atoms with Gasteiger partial charge in [-0.05, 0) is 60.2 Å². The van der Waals surface area contributed by atoms with Gasteiger partial charge in [0.2, 0.25) is 0 Å². The van der Waals surface area contributed by atoms with Crippen LogP contribution in [0.4, 0.5) is 0 Å². The summed E-state index contributed by atoms with van der Waals surface area (Å²) in [6.45, 7) is 2.78. The molecule has 0 amide bonds. The minimum absolute atomic E-state index is 0.479. The third-order valence-corrected chi connectivity index (χ3v) is 4.30. The summed E-state index contributed by atoms with van der Waals surface area (Å²) in [5.74, 6) is 1.00. The highest BCUT2D eigenvalue weighted by Gasteiger charge is 2.14. The number of fused-ring (bicyclic) bond motifs is 1. The SMILES string of the molecule is Cc1ccc(Cl)cc1C(O)CCc1ccc2c(c1)CCO2. The fraction of sp³-hybridized carbons (Fsp3) is 0.333. The number of aliphatic hydroxyl groups excluding tert-OH is 1. The summed E-state index contributed by atoms with van der Waals surface area (Å²) in [7, 11) is 0. The molecule has 0 saturated heterocycles. The molecule has 1 aliphatic heterocycles. The lowest BCUT2D eigenvalue weighted by Crippen LogP contribution is -2.02. The van der Waals surface area contributed by atoms with E-state index in [-0.39, 0.29) is 0 Å². The van der Waals surface area contributed by atoms with Crippen LogP contribution in [0.3, 0.4) is 0 Å². The summed E-state index contributed by atoms with van der Waals surface area (Å²) in [5.41, 5.74) is 4.53. The van der Waals surface area contributed by atoms with Crippen molar-refractivity contribution in [2.45, 2.75) is 32.3 Å². The number of aryl methyl sites for hydroxylation is 2. The van der Waals surface area contributed by atoms with E-state index < -0.39 is 6.10 Å². The highest BCUT2D eigenvalue weighted by Crippen LogP contribution is 2.28. The monoisotopic (exact) mass is 302 g/mol. The second kappa shape index (κ2) is 6.08. The van der Waals surface area contributed by atoms with Gasteiger partial charge in [-0.3, -0.25) is 0 Å². The van der Waals surface area contributed by atoms with Crippen LogP contribution < -0.4 is 4.74 Å². The molecule has 0 saturated carbocycles. The number of benzene rings is 2. The van der Waals surface area contributed by atoms with Gasteiger partial charge in [-0.2, -0.15) is 0 Å². The lowest BCUT2D eigenvalue weighted by Gasteiger charge is -2.14. The van der Waals surface area contributed by atoms with E-state index in [1.54, 1.807) is 0 Å². The quantitative estimate of drug-likeness (QED) is 0.915. The molecular formula is C18H19ClO2. The summed E-state index contributed by atoms with van der Waals surface area (Å²) in [6, 6.07) is 12.0. The molecule has 0 aromatic heterocycles. The minimum atomic E-state index is -0.479. The van der Waals surface area contributed by atoms with Crippen LogP contribution in [0.2, 0.25) is 5.02 Å². The van der Waals surface area contributed by atoms with Gasteiger partial charge in [0.05, 0.1) is 12.7 Å². The molecule has 1 atom stereocenters. The van der Waals surface area contributed by atoms with E-state index >= 15 is 0 Å². The van der Waals surface area contributed by atoms with E-state index in [1.807, 2.05) is 31.2 Å². The van der Waals surface area contributed by atoms with E-state index in [1.165, 1.54) is 11.1 Å². The average molecular weight is 303 g/mol. The molecule has 3 heteroatoms. The van der Waals surface area contributed by atoms with Crippen LogP contribution in [0, 0.1) is 6.92 Å². The van der Waals surface area contributed by atoms with Crippen molar-refractivity contribution in [1.82, 2.24) is 0 Å². The predicted molar refractivity (Wildman–Crippen MR) is 85.1 cm³/mol. The molecular weight excluding hydrogens is 284 g/mol. The van der Waals surface area contributed by atoms with Gasteiger partial charge in [0, 0.05) is 11.4 Å². The van der Waals surface area contributed by atoms with Crippen molar-refractivity contribution < 1.29 is 9.84 Å².